The van der Waals surface area contributed by atoms with Crippen LogP contribution in [0.3, 0.4) is 0 Å². The summed E-state index contributed by atoms with van der Waals surface area (Å²) in [6, 6.07) is 8.26. The Bertz CT molecular complexity index is 435. The molecule has 84 valence electrons. The zero-order valence-electron chi connectivity index (χ0n) is 9.00. The molecule has 1 amide bonds. The van der Waals surface area contributed by atoms with Crippen LogP contribution in [0.1, 0.15) is 31.2 Å². The van der Waals surface area contributed by atoms with Crippen molar-refractivity contribution in [3.05, 3.63) is 34.3 Å². The molecular weight excluding hydrogens is 266 g/mol. The van der Waals surface area contributed by atoms with E-state index in [9.17, 15) is 4.79 Å². The monoisotopic (exact) mass is 279 g/mol. The SMILES string of the molecule is O=C(NC1(c2cccc(Br)c2)CC1)C1CC1. The van der Waals surface area contributed by atoms with Crippen molar-refractivity contribution in [2.75, 3.05) is 0 Å². The number of nitrogens with one attached hydrogen (secondary N) is 1. The van der Waals surface area contributed by atoms with E-state index >= 15 is 0 Å². The smallest absolute Gasteiger partial charge is 0.223 e. The molecule has 0 bridgehead atoms. The highest BCUT2D eigenvalue weighted by atomic mass is 79.9. The predicted molar refractivity (Wildman–Crippen MR) is 65.9 cm³/mol. The number of hydrogen-bond donors (Lipinski definition) is 1. The van der Waals surface area contributed by atoms with Crippen molar-refractivity contribution >= 4 is 21.8 Å². The van der Waals surface area contributed by atoms with Crippen LogP contribution in [0.2, 0.25) is 0 Å². The zero-order valence-corrected chi connectivity index (χ0v) is 10.6. The fraction of sp³-hybridized carbons (Fsp3) is 0.462. The van der Waals surface area contributed by atoms with Crippen LogP contribution in [0.25, 0.3) is 0 Å². The molecule has 2 saturated carbocycles. The lowest BCUT2D eigenvalue weighted by molar-refractivity contribution is -0.123. The second kappa shape index (κ2) is 3.59. The first-order chi connectivity index (χ1) is 7.70. The standard InChI is InChI=1S/C13H14BrNO/c14-11-3-1-2-10(8-11)13(6-7-13)15-12(16)9-4-5-9/h1-3,8-9H,4-7H2,(H,15,16). The van der Waals surface area contributed by atoms with Gasteiger partial charge >= 0.3 is 0 Å². The molecule has 16 heavy (non-hydrogen) atoms. The average Bonchev–Trinajstić information content (AvgIpc) is 3.13. The molecular formula is C13H14BrNO. The number of carbonyl (C=O) groups is 1. The van der Waals surface area contributed by atoms with Gasteiger partial charge in [-0.15, -0.1) is 0 Å². The summed E-state index contributed by atoms with van der Waals surface area (Å²) in [4.78, 5) is 11.8. The lowest BCUT2D eigenvalue weighted by Crippen LogP contribution is -2.35. The summed E-state index contributed by atoms with van der Waals surface area (Å²) in [5.41, 5.74) is 1.18. The van der Waals surface area contributed by atoms with E-state index in [1.165, 1.54) is 5.56 Å². The molecule has 0 aliphatic heterocycles. The van der Waals surface area contributed by atoms with Crippen molar-refractivity contribution in [3.8, 4) is 0 Å². The van der Waals surface area contributed by atoms with E-state index in [-0.39, 0.29) is 11.4 Å². The number of rotatable bonds is 3. The van der Waals surface area contributed by atoms with E-state index in [2.05, 4.69) is 33.4 Å². The summed E-state index contributed by atoms with van der Waals surface area (Å²) in [5.74, 6) is 0.544. The van der Waals surface area contributed by atoms with Gasteiger partial charge in [-0.2, -0.15) is 0 Å². The molecule has 3 heteroatoms. The summed E-state index contributed by atoms with van der Waals surface area (Å²) >= 11 is 3.48. The molecule has 1 aromatic rings. The number of amides is 1. The minimum absolute atomic E-state index is 0.0521. The van der Waals surface area contributed by atoms with Gasteiger partial charge < -0.3 is 5.32 Å². The Morgan fingerprint density at radius 3 is 2.69 bits per heavy atom. The largest absolute Gasteiger partial charge is 0.346 e. The van der Waals surface area contributed by atoms with Crippen molar-refractivity contribution in [1.29, 1.82) is 0 Å². The van der Waals surface area contributed by atoms with Gasteiger partial charge in [0, 0.05) is 10.4 Å². The predicted octanol–water partition coefficient (Wildman–Crippen LogP) is 2.96. The van der Waals surface area contributed by atoms with Gasteiger partial charge in [0.05, 0.1) is 5.54 Å². The van der Waals surface area contributed by atoms with E-state index < -0.39 is 0 Å². The third-order valence-corrected chi connectivity index (χ3v) is 3.93. The van der Waals surface area contributed by atoms with Gasteiger partial charge in [-0.25, -0.2) is 0 Å². The zero-order chi connectivity index (χ0) is 11.2. The van der Waals surface area contributed by atoms with Crippen LogP contribution in [-0.2, 0) is 10.3 Å². The molecule has 3 rings (SSSR count). The molecule has 2 aliphatic rings. The fourth-order valence-corrected chi connectivity index (χ4v) is 2.48. The van der Waals surface area contributed by atoms with E-state index in [0.717, 1.165) is 30.2 Å². The first-order valence-corrected chi connectivity index (χ1v) is 6.57. The lowest BCUT2D eigenvalue weighted by atomic mass is 10.0. The number of halogens is 1. The summed E-state index contributed by atoms with van der Waals surface area (Å²) in [6.45, 7) is 0. The molecule has 0 unspecified atom stereocenters. The molecule has 2 fully saturated rings. The highest BCUT2D eigenvalue weighted by Crippen LogP contribution is 2.47. The van der Waals surface area contributed by atoms with Gasteiger partial charge in [0.15, 0.2) is 0 Å². The van der Waals surface area contributed by atoms with Gasteiger partial charge in [-0.3, -0.25) is 4.79 Å². The number of hydrogen-bond acceptors (Lipinski definition) is 1. The van der Waals surface area contributed by atoms with Crippen LogP contribution in [0.4, 0.5) is 0 Å². The van der Waals surface area contributed by atoms with Gasteiger partial charge in [0.1, 0.15) is 0 Å². The van der Waals surface area contributed by atoms with E-state index in [1.54, 1.807) is 0 Å². The molecule has 0 heterocycles. The third kappa shape index (κ3) is 1.88. The Balaban J connectivity index is 1.79. The first kappa shape index (κ1) is 10.3. The minimum atomic E-state index is -0.0521. The van der Waals surface area contributed by atoms with Crippen molar-refractivity contribution in [3.63, 3.8) is 0 Å². The molecule has 0 spiro atoms. The summed E-state index contributed by atoms with van der Waals surface area (Å²) in [6.07, 6.45) is 4.28. The fourth-order valence-electron chi connectivity index (χ4n) is 2.08. The first-order valence-electron chi connectivity index (χ1n) is 5.78. The molecule has 2 aliphatic carbocycles. The van der Waals surface area contributed by atoms with E-state index in [1.807, 2.05) is 12.1 Å². The maximum absolute atomic E-state index is 11.8. The average molecular weight is 280 g/mol. The summed E-state index contributed by atoms with van der Waals surface area (Å²) in [7, 11) is 0. The number of benzene rings is 1. The van der Waals surface area contributed by atoms with Crippen LogP contribution >= 0.6 is 15.9 Å². The topological polar surface area (TPSA) is 29.1 Å². The van der Waals surface area contributed by atoms with Gasteiger partial charge in [0.2, 0.25) is 5.91 Å². The Hall–Kier alpha value is -0.830. The molecule has 2 nitrogen and oxygen atoms in total. The summed E-state index contributed by atoms with van der Waals surface area (Å²) in [5, 5.41) is 3.21. The second-order valence-corrected chi connectivity index (χ2v) is 5.77. The van der Waals surface area contributed by atoms with Crippen LogP contribution in [0.5, 0.6) is 0 Å². The van der Waals surface area contributed by atoms with Crippen LogP contribution in [0.15, 0.2) is 28.7 Å². The molecule has 0 saturated heterocycles. The molecule has 0 radical (unpaired) electrons. The van der Waals surface area contributed by atoms with Crippen molar-refractivity contribution in [2.45, 2.75) is 31.2 Å². The van der Waals surface area contributed by atoms with Crippen LogP contribution < -0.4 is 5.32 Å². The molecule has 0 atom stereocenters. The molecule has 0 aromatic heterocycles. The van der Waals surface area contributed by atoms with Crippen molar-refractivity contribution in [1.82, 2.24) is 5.32 Å². The van der Waals surface area contributed by atoms with Crippen molar-refractivity contribution in [2.24, 2.45) is 5.92 Å². The van der Waals surface area contributed by atoms with Gasteiger partial charge in [-0.05, 0) is 43.4 Å². The molecule has 1 aromatic carbocycles. The van der Waals surface area contributed by atoms with Gasteiger partial charge in [-0.1, -0.05) is 28.1 Å². The lowest BCUT2D eigenvalue weighted by Gasteiger charge is -2.18. The highest BCUT2D eigenvalue weighted by molar-refractivity contribution is 9.10. The minimum Gasteiger partial charge on any atom is -0.346 e. The van der Waals surface area contributed by atoms with Crippen molar-refractivity contribution < 1.29 is 4.79 Å². The van der Waals surface area contributed by atoms with E-state index in [0.29, 0.717) is 5.92 Å². The highest BCUT2D eigenvalue weighted by Gasteiger charge is 2.47. The Morgan fingerprint density at radius 2 is 2.12 bits per heavy atom. The normalized spacial score (nSPS) is 21.6. The Labute approximate surface area is 104 Å². The Morgan fingerprint density at radius 1 is 1.38 bits per heavy atom. The van der Waals surface area contributed by atoms with Crippen LogP contribution in [0, 0.1) is 5.92 Å². The Kier molecular flexibility index (Phi) is 2.32. The second-order valence-electron chi connectivity index (χ2n) is 4.86. The molecule has 1 N–H and O–H groups in total. The number of carbonyl (C=O) groups excluding carboxylic acids is 1. The van der Waals surface area contributed by atoms with E-state index in [4.69, 9.17) is 0 Å². The quantitative estimate of drug-likeness (QED) is 0.906. The maximum Gasteiger partial charge on any atom is 0.223 e. The maximum atomic E-state index is 11.8. The van der Waals surface area contributed by atoms with Crippen LogP contribution in [-0.4, -0.2) is 5.91 Å². The third-order valence-electron chi connectivity index (χ3n) is 3.44. The van der Waals surface area contributed by atoms with Gasteiger partial charge in [0.25, 0.3) is 0 Å². The summed E-state index contributed by atoms with van der Waals surface area (Å²) < 4.78 is 1.08.